The zero-order chi connectivity index (χ0) is 14.2. The van der Waals surface area contributed by atoms with Crippen molar-refractivity contribution in [1.82, 2.24) is 0 Å². The normalized spacial score (nSPS) is 11.0. The molecule has 0 fully saturated rings. The van der Waals surface area contributed by atoms with Crippen LogP contribution in [0.15, 0.2) is 78.9 Å². The minimum absolute atomic E-state index is 0.797. The molecule has 0 spiro atoms. The van der Waals surface area contributed by atoms with Crippen LogP contribution in [0.1, 0.15) is 0 Å². The summed E-state index contributed by atoms with van der Waals surface area (Å²) in [5, 5.41) is 5.12. The maximum atomic E-state index is 5.93. The van der Waals surface area contributed by atoms with Gasteiger partial charge in [0.1, 0.15) is 0 Å². The van der Waals surface area contributed by atoms with Gasteiger partial charge in [0.2, 0.25) is 0 Å². The Morgan fingerprint density at radius 2 is 1.38 bits per heavy atom. The first kappa shape index (κ1) is 12.0. The molecule has 0 atom stereocenters. The van der Waals surface area contributed by atoms with E-state index in [9.17, 15) is 0 Å². The summed E-state index contributed by atoms with van der Waals surface area (Å²) < 4.78 is 0. The second-order valence-corrected chi connectivity index (χ2v) is 5.31. The SMILES string of the molecule is Nc1cccc(-c2cccc3c2ccc2ccccc23)c1. The number of benzene rings is 4. The molecule has 1 heteroatoms. The van der Waals surface area contributed by atoms with Crippen LogP contribution in [0.3, 0.4) is 0 Å². The zero-order valence-corrected chi connectivity index (χ0v) is 11.6. The molecule has 1 nitrogen and oxygen atoms in total. The largest absolute Gasteiger partial charge is 0.399 e. The molecular formula is C20H15N. The van der Waals surface area contributed by atoms with Crippen LogP contribution < -0.4 is 5.73 Å². The number of nitrogens with two attached hydrogens (primary N) is 1. The summed E-state index contributed by atoms with van der Waals surface area (Å²) in [6, 6.07) is 27.4. The van der Waals surface area contributed by atoms with Gasteiger partial charge in [0.15, 0.2) is 0 Å². The Balaban J connectivity index is 2.09. The number of anilines is 1. The third-order valence-electron chi connectivity index (χ3n) is 3.98. The van der Waals surface area contributed by atoms with Crippen molar-refractivity contribution < 1.29 is 0 Å². The van der Waals surface area contributed by atoms with Crippen LogP contribution in [0.2, 0.25) is 0 Å². The maximum absolute atomic E-state index is 5.93. The van der Waals surface area contributed by atoms with Crippen LogP contribution in [0.25, 0.3) is 32.7 Å². The van der Waals surface area contributed by atoms with Gasteiger partial charge < -0.3 is 5.73 Å². The van der Waals surface area contributed by atoms with Gasteiger partial charge >= 0.3 is 0 Å². The quantitative estimate of drug-likeness (QED) is 0.371. The van der Waals surface area contributed by atoms with Crippen molar-refractivity contribution in [3.05, 3.63) is 78.9 Å². The molecule has 0 aliphatic rings. The first-order valence-electron chi connectivity index (χ1n) is 7.09. The van der Waals surface area contributed by atoms with E-state index in [0.717, 1.165) is 11.3 Å². The Labute approximate surface area is 123 Å². The number of nitrogen functional groups attached to an aromatic ring is 1. The van der Waals surface area contributed by atoms with Crippen molar-refractivity contribution in [1.29, 1.82) is 0 Å². The van der Waals surface area contributed by atoms with Gasteiger partial charge in [-0.3, -0.25) is 0 Å². The van der Waals surface area contributed by atoms with Gasteiger partial charge in [0.25, 0.3) is 0 Å². The first-order valence-corrected chi connectivity index (χ1v) is 7.09. The monoisotopic (exact) mass is 269 g/mol. The van der Waals surface area contributed by atoms with Crippen molar-refractivity contribution in [2.24, 2.45) is 0 Å². The molecule has 0 heterocycles. The van der Waals surface area contributed by atoms with E-state index < -0.39 is 0 Å². The second kappa shape index (κ2) is 4.64. The van der Waals surface area contributed by atoms with Crippen LogP contribution in [0.5, 0.6) is 0 Å². The molecule has 0 aliphatic heterocycles. The molecule has 4 aromatic carbocycles. The van der Waals surface area contributed by atoms with Crippen molar-refractivity contribution in [3.8, 4) is 11.1 Å². The Kier molecular flexibility index (Phi) is 2.65. The van der Waals surface area contributed by atoms with Crippen LogP contribution in [-0.4, -0.2) is 0 Å². The highest BCUT2D eigenvalue weighted by atomic mass is 14.5. The van der Waals surface area contributed by atoms with Gasteiger partial charge in [-0.1, -0.05) is 66.7 Å². The van der Waals surface area contributed by atoms with Crippen molar-refractivity contribution >= 4 is 27.2 Å². The Morgan fingerprint density at radius 3 is 2.29 bits per heavy atom. The molecule has 0 bridgehead atoms. The van der Waals surface area contributed by atoms with E-state index in [2.05, 4.69) is 60.7 Å². The fourth-order valence-electron chi connectivity index (χ4n) is 3.00. The summed E-state index contributed by atoms with van der Waals surface area (Å²) in [6.45, 7) is 0. The van der Waals surface area contributed by atoms with Crippen LogP contribution >= 0.6 is 0 Å². The molecule has 4 rings (SSSR count). The fraction of sp³-hybridized carbons (Fsp3) is 0. The molecule has 2 N–H and O–H groups in total. The minimum Gasteiger partial charge on any atom is -0.399 e. The van der Waals surface area contributed by atoms with Gasteiger partial charge in [-0.25, -0.2) is 0 Å². The Bertz CT molecular complexity index is 954. The average Bonchev–Trinajstić information content (AvgIpc) is 2.54. The zero-order valence-electron chi connectivity index (χ0n) is 11.6. The Morgan fingerprint density at radius 1 is 0.571 bits per heavy atom. The Hall–Kier alpha value is -2.80. The van der Waals surface area contributed by atoms with Gasteiger partial charge in [0.05, 0.1) is 0 Å². The van der Waals surface area contributed by atoms with Crippen molar-refractivity contribution in [2.75, 3.05) is 5.73 Å². The summed E-state index contributed by atoms with van der Waals surface area (Å²) in [4.78, 5) is 0. The molecule has 0 saturated carbocycles. The molecule has 0 amide bonds. The van der Waals surface area contributed by atoms with Gasteiger partial charge in [-0.2, -0.15) is 0 Å². The first-order chi connectivity index (χ1) is 10.3. The third kappa shape index (κ3) is 1.95. The molecular weight excluding hydrogens is 254 g/mol. The lowest BCUT2D eigenvalue weighted by atomic mass is 9.94. The molecule has 4 aromatic rings. The summed E-state index contributed by atoms with van der Waals surface area (Å²) in [7, 11) is 0. The van der Waals surface area contributed by atoms with E-state index >= 15 is 0 Å². The molecule has 21 heavy (non-hydrogen) atoms. The summed E-state index contributed by atoms with van der Waals surface area (Å²) in [5.74, 6) is 0. The van der Waals surface area contributed by atoms with Gasteiger partial charge in [-0.15, -0.1) is 0 Å². The van der Waals surface area contributed by atoms with E-state index in [4.69, 9.17) is 5.73 Å². The van der Waals surface area contributed by atoms with E-state index in [-0.39, 0.29) is 0 Å². The van der Waals surface area contributed by atoms with Crippen LogP contribution in [0, 0.1) is 0 Å². The number of fused-ring (bicyclic) bond motifs is 3. The number of hydrogen-bond acceptors (Lipinski definition) is 1. The standard InChI is InChI=1S/C20H15N/c21-16-7-3-6-15(13-16)18-9-4-10-19-17-8-2-1-5-14(17)11-12-20(18)19/h1-13H,21H2. The average molecular weight is 269 g/mol. The van der Waals surface area contributed by atoms with Gasteiger partial charge in [0, 0.05) is 5.69 Å². The minimum atomic E-state index is 0.797. The van der Waals surface area contributed by atoms with Crippen LogP contribution in [-0.2, 0) is 0 Å². The van der Waals surface area contributed by atoms with Crippen molar-refractivity contribution in [3.63, 3.8) is 0 Å². The fourth-order valence-corrected chi connectivity index (χ4v) is 3.00. The second-order valence-electron chi connectivity index (χ2n) is 5.31. The highest BCUT2D eigenvalue weighted by Gasteiger charge is 2.06. The highest BCUT2D eigenvalue weighted by molar-refractivity contribution is 6.12. The summed E-state index contributed by atoms with van der Waals surface area (Å²) in [5.41, 5.74) is 9.12. The maximum Gasteiger partial charge on any atom is 0.0320 e. The molecule has 100 valence electrons. The lowest BCUT2D eigenvalue weighted by molar-refractivity contribution is 1.64. The lowest BCUT2D eigenvalue weighted by Crippen LogP contribution is -1.86. The summed E-state index contributed by atoms with van der Waals surface area (Å²) in [6.07, 6.45) is 0. The van der Waals surface area contributed by atoms with Crippen molar-refractivity contribution in [2.45, 2.75) is 0 Å². The number of rotatable bonds is 1. The summed E-state index contributed by atoms with van der Waals surface area (Å²) >= 11 is 0. The lowest BCUT2D eigenvalue weighted by Gasteiger charge is -2.10. The van der Waals surface area contributed by atoms with Crippen LogP contribution in [0.4, 0.5) is 5.69 Å². The molecule has 0 radical (unpaired) electrons. The predicted octanol–water partition coefficient (Wildman–Crippen LogP) is 5.24. The molecule has 0 aliphatic carbocycles. The smallest absolute Gasteiger partial charge is 0.0320 e. The highest BCUT2D eigenvalue weighted by Crippen LogP contribution is 2.33. The predicted molar refractivity (Wildman–Crippen MR) is 91.3 cm³/mol. The van der Waals surface area contributed by atoms with Gasteiger partial charge in [-0.05, 0) is 44.8 Å². The van der Waals surface area contributed by atoms with E-state index in [1.54, 1.807) is 0 Å². The molecule has 0 unspecified atom stereocenters. The third-order valence-corrected chi connectivity index (χ3v) is 3.98. The van der Waals surface area contributed by atoms with E-state index in [1.807, 2.05) is 18.2 Å². The molecule has 0 aromatic heterocycles. The topological polar surface area (TPSA) is 26.0 Å². The number of hydrogen-bond donors (Lipinski definition) is 1. The van der Waals surface area contributed by atoms with E-state index in [1.165, 1.54) is 27.1 Å². The molecule has 0 saturated heterocycles. The van der Waals surface area contributed by atoms with E-state index in [0.29, 0.717) is 0 Å².